The van der Waals surface area contributed by atoms with Crippen LogP contribution in [0.15, 0.2) is 36.5 Å². The Morgan fingerprint density at radius 2 is 2.04 bits per heavy atom. The van der Waals surface area contributed by atoms with Gasteiger partial charge in [0.15, 0.2) is 6.04 Å². The minimum atomic E-state index is -1.38. The minimum Gasteiger partial charge on any atom is -0.479 e. The number of aromatic nitrogens is 3. The average molecular weight is 320 g/mol. The third kappa shape index (κ3) is 4.78. The van der Waals surface area contributed by atoms with Crippen LogP contribution in [0.4, 0.5) is 4.79 Å². The van der Waals surface area contributed by atoms with E-state index in [1.807, 2.05) is 6.07 Å². The maximum Gasteiger partial charge on any atom is 0.408 e. The summed E-state index contributed by atoms with van der Waals surface area (Å²) in [7, 11) is 0. The monoisotopic (exact) mass is 320 g/mol. The Bertz CT molecular complexity index is 658. The van der Waals surface area contributed by atoms with E-state index in [1.165, 1.54) is 10.9 Å². The van der Waals surface area contributed by atoms with Crippen LogP contribution in [0.25, 0.3) is 0 Å². The normalized spacial score (nSPS) is 11.7. The van der Waals surface area contributed by atoms with E-state index in [4.69, 9.17) is 9.84 Å². The number of carboxylic acid groups (broad SMARTS) is 1. The van der Waals surface area contributed by atoms with E-state index in [1.54, 1.807) is 24.3 Å². The molecule has 0 aliphatic carbocycles. The predicted octanol–water partition coefficient (Wildman–Crippen LogP) is 0.322. The van der Waals surface area contributed by atoms with Crippen molar-refractivity contribution in [2.24, 2.45) is 0 Å². The number of alkyl carbamates (subject to hydrolysis) is 1. The molecule has 0 spiro atoms. The van der Waals surface area contributed by atoms with Gasteiger partial charge >= 0.3 is 12.1 Å². The van der Waals surface area contributed by atoms with Crippen molar-refractivity contribution >= 4 is 12.1 Å². The van der Waals surface area contributed by atoms with Crippen molar-refractivity contribution < 1.29 is 24.5 Å². The quantitative estimate of drug-likeness (QED) is 0.670. The summed E-state index contributed by atoms with van der Waals surface area (Å²) >= 11 is 0. The molecule has 23 heavy (non-hydrogen) atoms. The van der Waals surface area contributed by atoms with Crippen LogP contribution in [0.2, 0.25) is 0 Å². The van der Waals surface area contributed by atoms with Gasteiger partial charge in [0, 0.05) is 0 Å². The SMILES string of the molecule is O=C(NC(C(=O)O)c1cn(CCO)nn1)OCc1ccccc1. The average Bonchev–Trinajstić information content (AvgIpc) is 3.00. The molecule has 1 aromatic carbocycles. The van der Waals surface area contributed by atoms with Gasteiger partial charge in [-0.15, -0.1) is 5.10 Å². The summed E-state index contributed by atoms with van der Waals surface area (Å²) in [6, 6.07) is 7.61. The highest BCUT2D eigenvalue weighted by Crippen LogP contribution is 2.10. The lowest BCUT2D eigenvalue weighted by Crippen LogP contribution is -2.34. The molecule has 1 amide bonds. The number of ether oxygens (including phenoxy) is 1. The van der Waals surface area contributed by atoms with E-state index in [0.29, 0.717) is 0 Å². The molecule has 1 aromatic heterocycles. The van der Waals surface area contributed by atoms with Gasteiger partial charge in [-0.25, -0.2) is 14.3 Å². The van der Waals surface area contributed by atoms with Gasteiger partial charge in [0.25, 0.3) is 0 Å². The number of aliphatic carboxylic acids is 1. The highest BCUT2D eigenvalue weighted by Gasteiger charge is 2.26. The fraction of sp³-hybridized carbons (Fsp3) is 0.286. The number of hydrogen-bond acceptors (Lipinski definition) is 6. The Labute approximate surface area is 131 Å². The summed E-state index contributed by atoms with van der Waals surface area (Å²) in [6.07, 6.45) is 0.463. The molecule has 0 saturated carbocycles. The van der Waals surface area contributed by atoms with Crippen LogP contribution < -0.4 is 5.32 Å². The molecule has 2 rings (SSSR count). The number of carboxylic acids is 1. The molecule has 2 aromatic rings. The Morgan fingerprint density at radius 3 is 2.70 bits per heavy atom. The van der Waals surface area contributed by atoms with E-state index in [9.17, 15) is 14.7 Å². The van der Waals surface area contributed by atoms with Crippen LogP contribution in [0, 0.1) is 0 Å². The predicted molar refractivity (Wildman–Crippen MR) is 77.2 cm³/mol. The van der Waals surface area contributed by atoms with Crippen molar-refractivity contribution in [3.05, 3.63) is 47.8 Å². The molecule has 1 unspecified atom stereocenters. The Kier molecular flexibility index (Phi) is 5.64. The summed E-state index contributed by atoms with van der Waals surface area (Å²) in [6.45, 7) is 0.0427. The van der Waals surface area contributed by atoms with Crippen molar-refractivity contribution in [3.8, 4) is 0 Å². The molecule has 0 saturated heterocycles. The van der Waals surface area contributed by atoms with Crippen LogP contribution in [-0.2, 0) is 22.7 Å². The van der Waals surface area contributed by atoms with Gasteiger partial charge in [-0.2, -0.15) is 0 Å². The van der Waals surface area contributed by atoms with Crippen LogP contribution in [0.3, 0.4) is 0 Å². The second-order valence-corrected chi connectivity index (χ2v) is 4.61. The largest absolute Gasteiger partial charge is 0.479 e. The maximum absolute atomic E-state index is 11.7. The number of carbonyl (C=O) groups is 2. The second kappa shape index (κ2) is 7.90. The molecule has 9 nitrogen and oxygen atoms in total. The van der Waals surface area contributed by atoms with Crippen molar-refractivity contribution in [2.75, 3.05) is 6.61 Å². The van der Waals surface area contributed by atoms with Crippen LogP contribution in [-0.4, -0.2) is 43.9 Å². The lowest BCUT2D eigenvalue weighted by atomic mass is 10.2. The first-order valence-corrected chi connectivity index (χ1v) is 6.81. The summed E-state index contributed by atoms with van der Waals surface area (Å²) in [5.74, 6) is -1.29. The van der Waals surface area contributed by atoms with Gasteiger partial charge in [-0.3, -0.25) is 0 Å². The fourth-order valence-corrected chi connectivity index (χ4v) is 1.80. The first-order chi connectivity index (χ1) is 11.1. The number of aliphatic hydroxyl groups excluding tert-OH is 1. The number of aliphatic hydroxyl groups is 1. The third-order valence-electron chi connectivity index (χ3n) is 2.90. The molecule has 9 heteroatoms. The van der Waals surface area contributed by atoms with Crippen LogP contribution in [0.1, 0.15) is 17.3 Å². The molecule has 1 atom stereocenters. The first kappa shape index (κ1) is 16.4. The molecule has 0 fully saturated rings. The van der Waals surface area contributed by atoms with E-state index in [-0.39, 0.29) is 25.5 Å². The van der Waals surface area contributed by atoms with Gasteiger partial charge in [0.05, 0.1) is 19.3 Å². The van der Waals surface area contributed by atoms with E-state index in [2.05, 4.69) is 15.6 Å². The Balaban J connectivity index is 1.95. The van der Waals surface area contributed by atoms with Crippen LogP contribution >= 0.6 is 0 Å². The topological polar surface area (TPSA) is 127 Å². The smallest absolute Gasteiger partial charge is 0.408 e. The van der Waals surface area contributed by atoms with Crippen LogP contribution in [0.5, 0.6) is 0 Å². The molecular weight excluding hydrogens is 304 g/mol. The Morgan fingerprint density at radius 1 is 1.30 bits per heavy atom. The molecular formula is C14H16N4O5. The number of nitrogens with zero attached hydrogens (tertiary/aromatic N) is 3. The first-order valence-electron chi connectivity index (χ1n) is 6.81. The molecule has 0 aliphatic rings. The molecule has 0 radical (unpaired) electrons. The number of rotatable bonds is 7. The number of carbonyl (C=O) groups excluding carboxylic acids is 1. The van der Waals surface area contributed by atoms with Crippen molar-refractivity contribution in [1.29, 1.82) is 0 Å². The summed E-state index contributed by atoms with van der Waals surface area (Å²) in [4.78, 5) is 23.0. The van der Waals surface area contributed by atoms with Crippen molar-refractivity contribution in [3.63, 3.8) is 0 Å². The molecule has 122 valence electrons. The number of amides is 1. The second-order valence-electron chi connectivity index (χ2n) is 4.61. The third-order valence-corrected chi connectivity index (χ3v) is 2.90. The van der Waals surface area contributed by atoms with E-state index < -0.39 is 18.1 Å². The Hall–Kier alpha value is -2.94. The summed E-state index contributed by atoms with van der Waals surface area (Å²) in [5, 5.41) is 27.6. The lowest BCUT2D eigenvalue weighted by Gasteiger charge is -2.12. The van der Waals surface area contributed by atoms with E-state index >= 15 is 0 Å². The molecule has 0 aliphatic heterocycles. The number of benzene rings is 1. The van der Waals surface area contributed by atoms with Gasteiger partial charge in [0.1, 0.15) is 12.3 Å². The van der Waals surface area contributed by atoms with Gasteiger partial charge in [0.2, 0.25) is 0 Å². The van der Waals surface area contributed by atoms with Crippen molar-refractivity contribution in [1.82, 2.24) is 20.3 Å². The highest BCUT2D eigenvalue weighted by molar-refractivity contribution is 5.80. The molecule has 1 heterocycles. The summed E-state index contributed by atoms with van der Waals surface area (Å²) < 4.78 is 6.26. The zero-order chi connectivity index (χ0) is 16.7. The zero-order valence-electron chi connectivity index (χ0n) is 12.1. The molecule has 3 N–H and O–H groups in total. The van der Waals surface area contributed by atoms with Gasteiger partial charge in [-0.05, 0) is 5.56 Å². The lowest BCUT2D eigenvalue weighted by molar-refractivity contribution is -0.139. The highest BCUT2D eigenvalue weighted by atomic mass is 16.5. The maximum atomic E-state index is 11.7. The number of nitrogens with one attached hydrogen (secondary N) is 1. The zero-order valence-corrected chi connectivity index (χ0v) is 12.1. The standard InChI is InChI=1S/C14H16N4O5/c19-7-6-18-8-11(16-17-18)12(13(20)21)15-14(22)23-9-10-4-2-1-3-5-10/h1-5,8,12,19H,6-7,9H2,(H,15,22)(H,20,21). The minimum absolute atomic E-state index is 0.0240. The molecule has 0 bridgehead atoms. The van der Waals surface area contributed by atoms with Crippen molar-refractivity contribution in [2.45, 2.75) is 19.2 Å². The van der Waals surface area contributed by atoms with Gasteiger partial charge in [-0.1, -0.05) is 35.5 Å². The van der Waals surface area contributed by atoms with Gasteiger partial charge < -0.3 is 20.3 Å². The summed E-state index contributed by atoms with van der Waals surface area (Å²) in [5.41, 5.74) is 0.825. The fourth-order valence-electron chi connectivity index (χ4n) is 1.80. The van der Waals surface area contributed by atoms with E-state index in [0.717, 1.165) is 5.56 Å². The number of hydrogen-bond donors (Lipinski definition) is 3.